The molecule has 0 aliphatic heterocycles. The van der Waals surface area contributed by atoms with Crippen molar-refractivity contribution in [1.82, 2.24) is 5.43 Å². The predicted octanol–water partition coefficient (Wildman–Crippen LogP) is -3.09. The third kappa shape index (κ3) is 5.26. The van der Waals surface area contributed by atoms with Crippen LogP contribution < -0.4 is 62.7 Å². The molecule has 5 N–H and O–H groups in total. The number of carboxylic acids is 1. The van der Waals surface area contributed by atoms with Gasteiger partial charge in [-0.15, -0.1) is 0 Å². The van der Waals surface area contributed by atoms with Crippen molar-refractivity contribution < 1.29 is 72.6 Å². The Bertz CT molecular complexity index is 399. The first-order valence-electron chi connectivity index (χ1n) is 4.55. The molecule has 6 nitrogen and oxygen atoms in total. The van der Waals surface area contributed by atoms with Crippen LogP contribution in [0.25, 0.3) is 0 Å². The third-order valence-corrected chi connectivity index (χ3v) is 2.06. The summed E-state index contributed by atoms with van der Waals surface area (Å²) >= 11 is 0. The second-order valence-electron chi connectivity index (χ2n) is 3.21. The summed E-state index contributed by atoms with van der Waals surface area (Å²) in [5, 5.41) is 18.0. The van der Waals surface area contributed by atoms with Crippen LogP contribution in [0.15, 0.2) is 24.3 Å². The standard InChI is InChI=1S/C10H12N2O4.K.H/c11-12-10(16)7-3-1-6(2-4-7)8(13)5-9(14)15;;/h1-4,8,13H,5,11H2,(H,12,16)(H,14,15);;/q;+1;-1. The molecule has 1 unspecified atom stereocenters. The van der Waals surface area contributed by atoms with Crippen molar-refractivity contribution in [1.29, 1.82) is 0 Å². The number of nitrogens with two attached hydrogens (primary N) is 1. The van der Waals surface area contributed by atoms with Crippen LogP contribution in [0.5, 0.6) is 0 Å². The van der Waals surface area contributed by atoms with Gasteiger partial charge in [-0.1, -0.05) is 12.1 Å². The summed E-state index contributed by atoms with van der Waals surface area (Å²) in [5.41, 5.74) is 2.75. The Morgan fingerprint density at radius 2 is 1.88 bits per heavy atom. The molecule has 88 valence electrons. The Morgan fingerprint density at radius 3 is 2.29 bits per heavy atom. The minimum absolute atomic E-state index is 0. The molecule has 0 aliphatic rings. The van der Waals surface area contributed by atoms with Crippen molar-refractivity contribution in [2.75, 3.05) is 0 Å². The maximum Gasteiger partial charge on any atom is 1.00 e. The van der Waals surface area contributed by atoms with E-state index >= 15 is 0 Å². The molecule has 0 saturated heterocycles. The number of carboxylic acid groups (broad SMARTS) is 1. The van der Waals surface area contributed by atoms with Gasteiger partial charge in [0.05, 0.1) is 12.5 Å². The van der Waals surface area contributed by atoms with Gasteiger partial charge in [-0.25, -0.2) is 5.84 Å². The molecule has 1 rings (SSSR count). The number of aliphatic hydroxyl groups excluding tert-OH is 1. The van der Waals surface area contributed by atoms with Gasteiger partial charge in [-0.05, 0) is 17.7 Å². The Balaban J connectivity index is 0. The number of hydrogen-bond acceptors (Lipinski definition) is 4. The van der Waals surface area contributed by atoms with Crippen LogP contribution in [-0.4, -0.2) is 22.1 Å². The normalized spacial score (nSPS) is 11.2. The van der Waals surface area contributed by atoms with Crippen molar-refractivity contribution >= 4 is 11.9 Å². The van der Waals surface area contributed by atoms with E-state index in [0.29, 0.717) is 11.1 Å². The number of hydrazine groups is 1. The minimum Gasteiger partial charge on any atom is -1.00 e. The Kier molecular flexibility index (Phi) is 7.80. The molecule has 0 aliphatic carbocycles. The van der Waals surface area contributed by atoms with Gasteiger partial charge in [0.2, 0.25) is 0 Å². The Morgan fingerprint density at radius 1 is 1.35 bits per heavy atom. The van der Waals surface area contributed by atoms with E-state index in [2.05, 4.69) is 0 Å². The van der Waals surface area contributed by atoms with E-state index in [1.165, 1.54) is 24.3 Å². The SMILES string of the molecule is NNC(=O)c1ccc(C(O)CC(=O)O)cc1.[H-].[K+]. The molecular formula is C10H13KN2O4. The fraction of sp³-hybridized carbons (Fsp3) is 0.200. The van der Waals surface area contributed by atoms with Crippen molar-refractivity contribution in [2.24, 2.45) is 5.84 Å². The number of aliphatic hydroxyl groups is 1. The van der Waals surface area contributed by atoms with Gasteiger partial charge < -0.3 is 11.6 Å². The fourth-order valence-corrected chi connectivity index (χ4v) is 1.22. The van der Waals surface area contributed by atoms with Gasteiger partial charge in [0.1, 0.15) is 0 Å². The molecule has 0 spiro atoms. The zero-order chi connectivity index (χ0) is 12.1. The average Bonchev–Trinajstić information content (AvgIpc) is 2.27. The molecular weight excluding hydrogens is 251 g/mol. The van der Waals surface area contributed by atoms with Crippen molar-refractivity contribution in [2.45, 2.75) is 12.5 Å². The van der Waals surface area contributed by atoms with Crippen LogP contribution in [0.4, 0.5) is 0 Å². The van der Waals surface area contributed by atoms with Crippen molar-refractivity contribution in [3.8, 4) is 0 Å². The second-order valence-corrected chi connectivity index (χ2v) is 3.21. The molecule has 1 atom stereocenters. The van der Waals surface area contributed by atoms with E-state index in [1.54, 1.807) is 0 Å². The van der Waals surface area contributed by atoms with Gasteiger partial charge in [-0.2, -0.15) is 0 Å². The maximum atomic E-state index is 11.1. The van der Waals surface area contributed by atoms with Crippen LogP contribution >= 0.6 is 0 Å². The van der Waals surface area contributed by atoms with E-state index < -0.39 is 18.0 Å². The number of nitrogen functional groups attached to an aromatic ring is 1. The molecule has 0 heterocycles. The summed E-state index contributed by atoms with van der Waals surface area (Å²) in [5.74, 6) is 3.41. The zero-order valence-electron chi connectivity index (χ0n) is 10.4. The second kappa shape index (κ2) is 7.93. The largest absolute Gasteiger partial charge is 1.00 e. The Hall–Kier alpha value is -0.284. The quantitative estimate of drug-likeness (QED) is 0.199. The molecule has 0 bridgehead atoms. The summed E-state index contributed by atoms with van der Waals surface area (Å²) in [7, 11) is 0. The summed E-state index contributed by atoms with van der Waals surface area (Å²) in [6, 6.07) is 5.89. The molecule has 1 aromatic rings. The van der Waals surface area contributed by atoms with Crippen LogP contribution in [0.2, 0.25) is 0 Å². The van der Waals surface area contributed by atoms with Crippen LogP contribution in [0.1, 0.15) is 29.9 Å². The predicted molar refractivity (Wildman–Crippen MR) is 56.4 cm³/mol. The first kappa shape index (κ1) is 16.7. The molecule has 0 aromatic heterocycles. The number of carbonyl (C=O) groups excluding carboxylic acids is 1. The van der Waals surface area contributed by atoms with E-state index in [4.69, 9.17) is 10.9 Å². The number of benzene rings is 1. The first-order chi connectivity index (χ1) is 7.54. The van der Waals surface area contributed by atoms with Gasteiger partial charge in [0.25, 0.3) is 5.91 Å². The van der Waals surface area contributed by atoms with Crippen molar-refractivity contribution in [3.05, 3.63) is 35.4 Å². The minimum atomic E-state index is -1.09. The number of amides is 1. The molecule has 0 saturated carbocycles. The molecule has 7 heteroatoms. The first-order valence-corrected chi connectivity index (χ1v) is 4.55. The van der Waals surface area contributed by atoms with Gasteiger partial charge in [0.15, 0.2) is 0 Å². The topological polar surface area (TPSA) is 113 Å². The molecule has 1 amide bonds. The van der Waals surface area contributed by atoms with Gasteiger partial charge >= 0.3 is 57.4 Å². The third-order valence-electron chi connectivity index (χ3n) is 2.06. The van der Waals surface area contributed by atoms with Gasteiger partial charge in [-0.3, -0.25) is 15.0 Å². The van der Waals surface area contributed by atoms with Crippen LogP contribution in [-0.2, 0) is 4.79 Å². The molecule has 0 radical (unpaired) electrons. The van der Waals surface area contributed by atoms with Crippen molar-refractivity contribution in [3.63, 3.8) is 0 Å². The number of aliphatic carboxylic acids is 1. The smallest absolute Gasteiger partial charge is 1.00 e. The summed E-state index contributed by atoms with van der Waals surface area (Å²) in [4.78, 5) is 21.4. The molecule has 0 fully saturated rings. The fourth-order valence-electron chi connectivity index (χ4n) is 1.22. The summed E-state index contributed by atoms with van der Waals surface area (Å²) in [6.45, 7) is 0. The van der Waals surface area contributed by atoms with E-state index in [-0.39, 0.29) is 59.2 Å². The molecule has 1 aromatic carbocycles. The monoisotopic (exact) mass is 264 g/mol. The maximum absolute atomic E-state index is 11.1. The van der Waals surface area contributed by atoms with E-state index in [1.807, 2.05) is 5.43 Å². The van der Waals surface area contributed by atoms with E-state index in [0.717, 1.165) is 0 Å². The van der Waals surface area contributed by atoms with Crippen LogP contribution in [0, 0.1) is 0 Å². The summed E-state index contributed by atoms with van der Waals surface area (Å²) < 4.78 is 0. The van der Waals surface area contributed by atoms with Crippen LogP contribution in [0.3, 0.4) is 0 Å². The average molecular weight is 264 g/mol. The number of hydrogen-bond donors (Lipinski definition) is 4. The molecule has 17 heavy (non-hydrogen) atoms. The van der Waals surface area contributed by atoms with Gasteiger partial charge in [0, 0.05) is 5.56 Å². The number of rotatable bonds is 4. The Labute approximate surface area is 142 Å². The number of carbonyl (C=O) groups is 2. The summed E-state index contributed by atoms with van der Waals surface area (Å²) in [6.07, 6.45) is -1.45. The number of nitrogens with one attached hydrogen (secondary N) is 1. The van der Waals surface area contributed by atoms with E-state index in [9.17, 15) is 14.7 Å². The zero-order valence-corrected chi connectivity index (χ0v) is 12.5.